The minimum absolute atomic E-state index is 0. The molecule has 0 unspecified atom stereocenters. The number of alkyl carbamates (subject to hydrolysis) is 1. The van der Waals surface area contributed by atoms with Crippen molar-refractivity contribution in [2.75, 3.05) is 36.0 Å². The maximum atomic E-state index is 13.1. The number of nitrogens with one attached hydrogen (secondary N) is 5. The summed E-state index contributed by atoms with van der Waals surface area (Å²) < 4.78 is 5.23. The monoisotopic (exact) mass is 1460 g/mol. The van der Waals surface area contributed by atoms with Gasteiger partial charge < -0.3 is 52.1 Å². The Bertz CT molecular complexity index is 3600. The van der Waals surface area contributed by atoms with Crippen molar-refractivity contribution in [3.8, 4) is 22.3 Å². The van der Waals surface area contributed by atoms with Crippen LogP contribution < -0.4 is 50.3 Å². The van der Waals surface area contributed by atoms with Crippen LogP contribution in [-0.4, -0.2) is 118 Å². The van der Waals surface area contributed by atoms with Crippen molar-refractivity contribution < 1.29 is 78.3 Å². The van der Waals surface area contributed by atoms with Gasteiger partial charge in [-0.15, -0.1) is 0 Å². The third-order valence-corrected chi connectivity index (χ3v) is 16.1. The number of fused-ring (bicyclic) bond motifs is 2. The van der Waals surface area contributed by atoms with E-state index < -0.39 is 47.5 Å². The zero-order valence-electron chi connectivity index (χ0n) is 52.6. The van der Waals surface area contributed by atoms with Gasteiger partial charge >= 0.3 is 36.9 Å². The largest absolute Gasteiger partial charge is 1.00 e. The number of nitrogens with zero attached hydrogens (tertiary/aromatic N) is 2. The predicted molar refractivity (Wildman–Crippen MR) is 403 cm³/mol. The number of Topliss-reactive ketones (excluding diaryl/α,β-unsaturated/α-hetero) is 2. The van der Waals surface area contributed by atoms with Crippen LogP contribution in [-0.2, 0) is 49.6 Å². The molecule has 532 valence electrons. The van der Waals surface area contributed by atoms with Crippen molar-refractivity contribution >= 4 is 138 Å². The molecule has 2 aliphatic heterocycles. The molecule has 6 aromatic rings. The van der Waals surface area contributed by atoms with Gasteiger partial charge in [0.05, 0.1) is 37.1 Å². The Morgan fingerprint density at radius 3 is 1.26 bits per heavy atom. The molecular weight excluding hydrogens is 1370 g/mol. The summed E-state index contributed by atoms with van der Waals surface area (Å²) in [6.07, 6.45) is 3.86. The van der Waals surface area contributed by atoms with Crippen LogP contribution in [0.25, 0.3) is 22.3 Å². The molecule has 0 bridgehead atoms. The van der Waals surface area contributed by atoms with Crippen molar-refractivity contribution in [1.82, 2.24) is 16.0 Å². The second-order valence-electron chi connectivity index (χ2n) is 22.8. The van der Waals surface area contributed by atoms with Gasteiger partial charge in [0.25, 0.3) is 11.8 Å². The van der Waals surface area contributed by atoms with E-state index in [1.165, 1.54) is 5.56 Å². The summed E-state index contributed by atoms with van der Waals surface area (Å²) in [5.74, 6) is -4.10. The summed E-state index contributed by atoms with van der Waals surface area (Å²) in [7, 11) is 0. The van der Waals surface area contributed by atoms with E-state index in [2.05, 4.69) is 31.8 Å². The van der Waals surface area contributed by atoms with E-state index in [0.717, 1.165) is 83.5 Å². The number of amidine groups is 2. The minimum atomic E-state index is -1.31. The number of ketones is 2. The maximum absolute atomic E-state index is 13.1. The normalized spacial score (nSPS) is 12.0. The second kappa shape index (κ2) is 44.8. The van der Waals surface area contributed by atoms with E-state index >= 15 is 0 Å². The zero-order chi connectivity index (χ0) is 64.5. The number of benzene rings is 6. The molecule has 0 aromatic heterocycles. The zero-order valence-corrected chi connectivity index (χ0v) is 57.6. The molecule has 20 nitrogen and oxygen atoms in total. The van der Waals surface area contributed by atoms with Gasteiger partial charge in [0.15, 0.2) is 0 Å². The third-order valence-electron chi connectivity index (χ3n) is 14.9. The number of carboxylic acids is 2. The van der Waals surface area contributed by atoms with Gasteiger partial charge in [0, 0.05) is 76.1 Å². The summed E-state index contributed by atoms with van der Waals surface area (Å²) in [5.41, 5.74) is 14.1. The van der Waals surface area contributed by atoms with Crippen molar-refractivity contribution in [2.45, 2.75) is 145 Å². The Labute approximate surface area is 622 Å². The Kier molecular flexibility index (Phi) is 43.5. The predicted octanol–water partition coefficient (Wildman–Crippen LogP) is 11.4. The van der Waals surface area contributed by atoms with Gasteiger partial charge in [-0.25, -0.2) is 14.4 Å². The number of rotatable bonds is 24. The first-order valence-corrected chi connectivity index (χ1v) is 30.7. The Hall–Kier alpha value is -7.07. The molecule has 2 aliphatic rings. The molecule has 0 aliphatic carbocycles. The van der Waals surface area contributed by atoms with Gasteiger partial charge in [0.1, 0.15) is 35.1 Å². The number of hydrogen-bond donors (Lipinski definition) is 8. The molecule has 0 spiro atoms. The van der Waals surface area contributed by atoms with Crippen LogP contribution in [0, 0.1) is 10.8 Å². The van der Waals surface area contributed by atoms with Crippen molar-refractivity contribution in [3.05, 3.63) is 175 Å². The van der Waals surface area contributed by atoms with E-state index in [1.54, 1.807) is 45.0 Å². The van der Waals surface area contributed by atoms with E-state index in [4.69, 9.17) is 67.7 Å². The summed E-state index contributed by atoms with van der Waals surface area (Å²) in [4.78, 5) is 92.0. The van der Waals surface area contributed by atoms with Crippen LogP contribution in [0.1, 0.15) is 145 Å². The number of carbonyl (C=O) groups excluding carboxylic acids is 5. The van der Waals surface area contributed by atoms with E-state index in [1.807, 2.05) is 91.0 Å². The molecule has 8 rings (SSSR count). The summed E-state index contributed by atoms with van der Waals surface area (Å²) in [6, 6.07) is 34.5. The number of aryl methyl sites for hydroxylation is 2. The van der Waals surface area contributed by atoms with Crippen LogP contribution in [0.4, 0.5) is 16.2 Å². The van der Waals surface area contributed by atoms with Crippen molar-refractivity contribution in [2.24, 2.45) is 5.73 Å². The second-order valence-corrected chi connectivity index (χ2v) is 24.5. The molecule has 27 heteroatoms. The summed E-state index contributed by atoms with van der Waals surface area (Å²) in [5, 5.41) is 43.1. The minimum Gasteiger partial charge on any atom is -0.870 e. The van der Waals surface area contributed by atoms with Gasteiger partial charge in [-0.1, -0.05) is 161 Å². The van der Waals surface area contributed by atoms with Gasteiger partial charge in [0.2, 0.25) is 0 Å². The number of aliphatic carboxylic acids is 2. The number of hydrogen-bond acceptors (Lipinski definition) is 13. The van der Waals surface area contributed by atoms with Crippen LogP contribution in [0.15, 0.2) is 121 Å². The number of anilines is 2. The Balaban J connectivity index is -0.00000170. The fourth-order valence-corrected chi connectivity index (χ4v) is 11.8. The number of ether oxygens (including phenoxy) is 1. The topological polar surface area (TPSA) is 347 Å². The Morgan fingerprint density at radius 2 is 0.918 bits per heavy atom. The van der Waals surface area contributed by atoms with Gasteiger partial charge in [-0.2, -0.15) is 27.0 Å². The molecule has 3 amide bonds. The first-order valence-electron chi connectivity index (χ1n) is 29.2. The number of halogens is 4. The summed E-state index contributed by atoms with van der Waals surface area (Å²) in [6.45, 7) is 7.74. The third kappa shape index (κ3) is 28.3. The van der Waals surface area contributed by atoms with E-state index in [0.29, 0.717) is 25.1 Å². The number of nitrogens with two attached hydrogens (primary N) is 1. The smallest absolute Gasteiger partial charge is 0.870 e. The fourth-order valence-electron chi connectivity index (χ4n) is 10.5. The first kappa shape index (κ1) is 95.1. The molecule has 0 fully saturated rings. The first-order chi connectivity index (χ1) is 42.3. The van der Waals surface area contributed by atoms with E-state index in [-0.39, 0.29) is 186 Å². The van der Waals surface area contributed by atoms with Crippen molar-refractivity contribution in [3.63, 3.8) is 0 Å². The molecule has 12 N–H and O–H groups in total. The average Bonchev–Trinajstić information content (AvgIpc) is 0.831. The van der Waals surface area contributed by atoms with Crippen LogP contribution in [0.3, 0.4) is 0 Å². The number of carbonyl (C=O) groups is 7. The number of carboxylic acid groups (broad SMARTS) is 2. The average molecular weight is 1470 g/mol. The number of amides is 3. The molecule has 2 atom stereocenters. The van der Waals surface area contributed by atoms with Gasteiger partial charge in [-0.3, -0.25) is 35.3 Å². The van der Waals surface area contributed by atoms with Gasteiger partial charge in [-0.05, 0) is 140 Å². The SMILES string of the molecule is C.C.C.C.CC(C)(C)OC(=O)NC(=N)Cc1ccc2c(c1)N(CCC(=O)CC[C@H](NC(=O)c1c(Cl)cc(-c3ccccc3)cc1Cl)C(=O)O)CCC2.N=C(N)Cc1ccc2c(c1)N(CCC(=O)CC[C@H](NC(=O)c1c(Cl)cc(-c3ccccc3)cc1Cl)C(=O)O)CCC2.O.S.S.[Li+].[OH-]. The molecule has 98 heavy (non-hydrogen) atoms. The van der Waals surface area contributed by atoms with Crippen molar-refractivity contribution in [1.29, 1.82) is 10.8 Å². The Morgan fingerprint density at radius 1 is 0.561 bits per heavy atom. The fraction of sp³-hybridized carbons (Fsp3) is 0.366. The standard InChI is InChI=1S/C36H40Cl2N4O6.C31H32Cl2N4O4.4CH4.Li.2H2O.2H2S/c1-36(2,3)48-35(47)41-31(39)19-22-11-12-24-10-7-16-42(30(24)18-22)17-15-26(43)13-14-29(34(45)46)40-33(44)32-27(37)20-25(21-28(32)38)23-8-5-4-6-9-23;32-24-17-22(20-5-2-1-3-6-20)18-25(33)29(24)30(39)36-26(31(40)41)11-10-23(38)12-14-37-13-4-7-21-9-8-19(15-27(21)37)16-28(34)35;;;;;;;;;/h4-6,8-9,11-12,18,20-21,29H,7,10,13-17,19H2,1-3H3,(H,40,44)(H,45,46)(H2,39,41,47);1-3,5-6,8-9,15,17-18,26H,4,7,10-14,16H2,(H3,34,35)(H,36,39)(H,40,41);4*1H4;;4*1H2/q;;;;;;+1;;;;/p-1/t29-;26-;;;;;;;;;/m00........./s1. The molecule has 6 aromatic carbocycles. The van der Waals surface area contributed by atoms with Crippen LogP contribution in [0.2, 0.25) is 20.1 Å². The summed E-state index contributed by atoms with van der Waals surface area (Å²) >= 11 is 25.6. The van der Waals surface area contributed by atoms with E-state index in [9.17, 15) is 43.8 Å². The maximum Gasteiger partial charge on any atom is 1.00 e. The molecule has 2 heterocycles. The van der Waals surface area contributed by atoms with Crippen LogP contribution >= 0.6 is 73.4 Å². The molecule has 0 saturated carbocycles. The molecule has 0 saturated heterocycles. The molecular formula is C71H95Cl4LiN8O12S2. The van der Waals surface area contributed by atoms with Crippen LogP contribution in [0.5, 0.6) is 0 Å². The molecule has 0 radical (unpaired) electrons. The quantitative estimate of drug-likeness (QED) is 0.0159.